The standard InChI is InChI=1S/C20H20N2OS/c1-13-10-14(2)20(15(3)11-13)22-18(23)12-24-19-9-8-16-6-4-5-7-17(16)21-19/h4-11H,12H2,1-3H3,(H,22,23). The van der Waals surface area contributed by atoms with E-state index in [4.69, 9.17) is 0 Å². The predicted octanol–water partition coefficient (Wildman–Crippen LogP) is 4.89. The van der Waals surface area contributed by atoms with Crippen LogP contribution < -0.4 is 5.32 Å². The van der Waals surface area contributed by atoms with Crippen LogP contribution in [-0.2, 0) is 4.79 Å². The summed E-state index contributed by atoms with van der Waals surface area (Å²) in [6, 6.07) is 16.2. The second-order valence-electron chi connectivity index (χ2n) is 5.95. The SMILES string of the molecule is Cc1cc(C)c(NC(=O)CSc2ccc3ccccc3n2)c(C)c1. The van der Waals surface area contributed by atoms with E-state index in [-0.39, 0.29) is 5.91 Å². The van der Waals surface area contributed by atoms with E-state index in [1.807, 2.05) is 50.2 Å². The first-order valence-electron chi connectivity index (χ1n) is 7.89. The summed E-state index contributed by atoms with van der Waals surface area (Å²) in [7, 11) is 0. The van der Waals surface area contributed by atoms with Crippen LogP contribution in [0, 0.1) is 20.8 Å². The van der Waals surface area contributed by atoms with Gasteiger partial charge in [-0.1, -0.05) is 53.7 Å². The van der Waals surface area contributed by atoms with Crippen LogP contribution in [0.15, 0.2) is 53.6 Å². The number of hydrogen-bond donors (Lipinski definition) is 1. The summed E-state index contributed by atoms with van der Waals surface area (Å²) in [5, 5.41) is 5.00. The summed E-state index contributed by atoms with van der Waals surface area (Å²) >= 11 is 1.45. The smallest absolute Gasteiger partial charge is 0.234 e. The van der Waals surface area contributed by atoms with E-state index in [0.717, 1.165) is 32.7 Å². The number of rotatable bonds is 4. The topological polar surface area (TPSA) is 42.0 Å². The van der Waals surface area contributed by atoms with Crippen LogP contribution in [0.25, 0.3) is 10.9 Å². The normalized spacial score (nSPS) is 10.8. The zero-order chi connectivity index (χ0) is 17.1. The number of pyridine rings is 1. The number of para-hydroxylation sites is 1. The molecule has 1 N–H and O–H groups in total. The van der Waals surface area contributed by atoms with Crippen molar-refractivity contribution in [2.75, 3.05) is 11.1 Å². The van der Waals surface area contributed by atoms with E-state index in [2.05, 4.69) is 29.4 Å². The van der Waals surface area contributed by atoms with Crippen LogP contribution in [0.1, 0.15) is 16.7 Å². The number of anilines is 1. The average molecular weight is 336 g/mol. The fraction of sp³-hybridized carbons (Fsp3) is 0.200. The number of thioether (sulfide) groups is 1. The van der Waals surface area contributed by atoms with E-state index in [0.29, 0.717) is 5.75 Å². The molecular formula is C20H20N2OS. The number of nitrogens with one attached hydrogen (secondary N) is 1. The molecule has 0 aliphatic rings. The van der Waals surface area contributed by atoms with Gasteiger partial charge in [-0.05, 0) is 44.0 Å². The van der Waals surface area contributed by atoms with Gasteiger partial charge in [0, 0.05) is 11.1 Å². The van der Waals surface area contributed by atoms with E-state index in [1.165, 1.54) is 17.3 Å². The van der Waals surface area contributed by atoms with E-state index in [1.54, 1.807) is 0 Å². The third kappa shape index (κ3) is 3.77. The van der Waals surface area contributed by atoms with Crippen LogP contribution in [0.5, 0.6) is 0 Å². The Morgan fingerprint density at radius 1 is 1.04 bits per heavy atom. The molecular weight excluding hydrogens is 316 g/mol. The van der Waals surface area contributed by atoms with Crippen molar-refractivity contribution < 1.29 is 4.79 Å². The first kappa shape index (κ1) is 16.5. The molecule has 0 aliphatic carbocycles. The number of carbonyl (C=O) groups excluding carboxylic acids is 1. The number of aromatic nitrogens is 1. The Morgan fingerprint density at radius 3 is 2.50 bits per heavy atom. The molecule has 3 aromatic rings. The molecule has 122 valence electrons. The first-order chi connectivity index (χ1) is 11.5. The molecule has 0 bridgehead atoms. The Morgan fingerprint density at radius 2 is 1.75 bits per heavy atom. The lowest BCUT2D eigenvalue weighted by Gasteiger charge is -2.12. The number of fused-ring (bicyclic) bond motifs is 1. The van der Waals surface area contributed by atoms with Crippen molar-refractivity contribution in [2.45, 2.75) is 25.8 Å². The van der Waals surface area contributed by atoms with E-state index < -0.39 is 0 Å². The molecule has 1 amide bonds. The largest absolute Gasteiger partial charge is 0.325 e. The maximum Gasteiger partial charge on any atom is 0.234 e. The Bertz CT molecular complexity index is 882. The molecule has 1 aromatic heterocycles. The number of aryl methyl sites for hydroxylation is 3. The number of benzene rings is 2. The van der Waals surface area contributed by atoms with Crippen molar-refractivity contribution in [1.82, 2.24) is 4.98 Å². The molecule has 24 heavy (non-hydrogen) atoms. The fourth-order valence-corrected chi connectivity index (χ4v) is 3.50. The maximum absolute atomic E-state index is 12.3. The summed E-state index contributed by atoms with van der Waals surface area (Å²) < 4.78 is 0. The van der Waals surface area contributed by atoms with Crippen molar-refractivity contribution in [3.8, 4) is 0 Å². The van der Waals surface area contributed by atoms with Crippen molar-refractivity contribution in [1.29, 1.82) is 0 Å². The molecule has 1 heterocycles. The number of carbonyl (C=O) groups is 1. The van der Waals surface area contributed by atoms with Gasteiger partial charge in [0.25, 0.3) is 0 Å². The van der Waals surface area contributed by atoms with E-state index in [9.17, 15) is 4.79 Å². The van der Waals surface area contributed by atoms with Crippen LogP contribution in [0.2, 0.25) is 0 Å². The minimum atomic E-state index is -0.00925. The second kappa shape index (κ2) is 7.05. The minimum absolute atomic E-state index is 0.00925. The highest BCUT2D eigenvalue weighted by atomic mass is 32.2. The predicted molar refractivity (Wildman–Crippen MR) is 102 cm³/mol. The average Bonchev–Trinajstić information content (AvgIpc) is 2.56. The molecule has 0 saturated heterocycles. The van der Waals surface area contributed by atoms with Gasteiger partial charge in [0.05, 0.1) is 16.3 Å². The third-order valence-corrected chi connectivity index (χ3v) is 4.80. The second-order valence-corrected chi connectivity index (χ2v) is 6.95. The van der Waals surface area contributed by atoms with Crippen LogP contribution >= 0.6 is 11.8 Å². The van der Waals surface area contributed by atoms with Crippen molar-refractivity contribution in [3.05, 3.63) is 65.2 Å². The minimum Gasteiger partial charge on any atom is -0.325 e. The molecule has 0 radical (unpaired) electrons. The van der Waals surface area contributed by atoms with Gasteiger partial charge in [-0.25, -0.2) is 4.98 Å². The number of hydrogen-bond acceptors (Lipinski definition) is 3. The molecule has 2 aromatic carbocycles. The quantitative estimate of drug-likeness (QED) is 0.690. The van der Waals surface area contributed by atoms with Gasteiger partial charge in [0.1, 0.15) is 0 Å². The summed E-state index contributed by atoms with van der Waals surface area (Å²) in [5.41, 5.74) is 5.26. The maximum atomic E-state index is 12.3. The van der Waals surface area contributed by atoms with E-state index >= 15 is 0 Å². The third-order valence-electron chi connectivity index (χ3n) is 3.87. The zero-order valence-electron chi connectivity index (χ0n) is 14.1. The van der Waals surface area contributed by atoms with Gasteiger partial charge in [0.15, 0.2) is 0 Å². The number of nitrogens with zero attached hydrogens (tertiary/aromatic N) is 1. The number of amides is 1. The summed E-state index contributed by atoms with van der Waals surface area (Å²) in [4.78, 5) is 16.9. The van der Waals surface area contributed by atoms with Crippen LogP contribution in [0.3, 0.4) is 0 Å². The summed E-state index contributed by atoms with van der Waals surface area (Å²) in [6.07, 6.45) is 0. The molecule has 4 heteroatoms. The highest BCUT2D eigenvalue weighted by Crippen LogP contribution is 2.23. The summed E-state index contributed by atoms with van der Waals surface area (Å²) in [6.45, 7) is 6.11. The van der Waals surface area contributed by atoms with Gasteiger partial charge in [-0.3, -0.25) is 4.79 Å². The lowest BCUT2D eigenvalue weighted by molar-refractivity contribution is -0.113. The van der Waals surface area contributed by atoms with Crippen LogP contribution in [-0.4, -0.2) is 16.6 Å². The Hall–Kier alpha value is -2.33. The van der Waals surface area contributed by atoms with Crippen molar-refractivity contribution in [3.63, 3.8) is 0 Å². The molecule has 0 unspecified atom stereocenters. The molecule has 3 rings (SSSR count). The molecule has 0 atom stereocenters. The monoisotopic (exact) mass is 336 g/mol. The van der Waals surface area contributed by atoms with Gasteiger partial charge in [-0.15, -0.1) is 0 Å². The fourth-order valence-electron chi connectivity index (χ4n) is 2.82. The van der Waals surface area contributed by atoms with Crippen LogP contribution in [0.4, 0.5) is 5.69 Å². The molecule has 3 nitrogen and oxygen atoms in total. The highest BCUT2D eigenvalue weighted by molar-refractivity contribution is 7.99. The molecule has 0 aliphatic heterocycles. The Balaban J connectivity index is 1.67. The lowest BCUT2D eigenvalue weighted by atomic mass is 10.1. The molecule has 0 spiro atoms. The highest BCUT2D eigenvalue weighted by Gasteiger charge is 2.09. The van der Waals surface area contributed by atoms with Gasteiger partial charge >= 0.3 is 0 Å². The zero-order valence-corrected chi connectivity index (χ0v) is 14.9. The van der Waals surface area contributed by atoms with Crippen molar-refractivity contribution in [2.24, 2.45) is 0 Å². The van der Waals surface area contributed by atoms with Crippen molar-refractivity contribution >= 4 is 34.3 Å². The lowest BCUT2D eigenvalue weighted by Crippen LogP contribution is -2.16. The first-order valence-corrected chi connectivity index (χ1v) is 8.88. The van der Waals surface area contributed by atoms with Gasteiger partial charge in [-0.2, -0.15) is 0 Å². The Labute approximate surface area is 146 Å². The Kier molecular flexibility index (Phi) is 4.86. The molecule has 0 fully saturated rings. The molecule has 0 saturated carbocycles. The van der Waals surface area contributed by atoms with Gasteiger partial charge in [0.2, 0.25) is 5.91 Å². The summed E-state index contributed by atoms with van der Waals surface area (Å²) in [5.74, 6) is 0.336. The van der Waals surface area contributed by atoms with Gasteiger partial charge < -0.3 is 5.32 Å².